The normalized spacial score (nSPS) is 15.7. The van der Waals surface area contributed by atoms with Gasteiger partial charge in [0, 0.05) is 29.8 Å². The summed E-state index contributed by atoms with van der Waals surface area (Å²) < 4.78 is 12.6. The monoisotopic (exact) mass is 493 g/mol. The first-order chi connectivity index (χ1) is 17.2. The van der Waals surface area contributed by atoms with Crippen molar-refractivity contribution in [3.63, 3.8) is 0 Å². The minimum absolute atomic E-state index is 0.138. The second-order valence-corrected chi connectivity index (χ2v) is 10.7. The molecule has 2 aromatic heterocycles. The van der Waals surface area contributed by atoms with Gasteiger partial charge in [0.15, 0.2) is 5.82 Å². The minimum atomic E-state index is 0.138. The lowest BCUT2D eigenvalue weighted by atomic mass is 9.97. The Kier molecular flexibility index (Phi) is 7.95. The van der Waals surface area contributed by atoms with Crippen molar-refractivity contribution in [2.24, 2.45) is 0 Å². The standard InChI is InChI=1S/C28H41N6O2/c1-6-7-12-30-26-25-23(32-27(29)33-26)11-10-22(31-25)18-21-9-8-20(17-24(21)35-5)19-34(28(2,3)4)13-15-36-16-14-34/h8-11,17H,6-7,12-16,18-19H2,1-5H3,(H3,29,30,32,33)/q+1. The summed E-state index contributed by atoms with van der Waals surface area (Å²) in [5, 5.41) is 3.38. The average molecular weight is 494 g/mol. The van der Waals surface area contributed by atoms with E-state index in [1.165, 1.54) is 5.56 Å². The van der Waals surface area contributed by atoms with Crippen LogP contribution in [0, 0.1) is 0 Å². The van der Waals surface area contributed by atoms with Gasteiger partial charge in [0.1, 0.15) is 30.9 Å². The molecule has 0 radical (unpaired) electrons. The van der Waals surface area contributed by atoms with Crippen LogP contribution < -0.4 is 15.8 Å². The van der Waals surface area contributed by atoms with Gasteiger partial charge in [0.25, 0.3) is 0 Å². The molecule has 8 heteroatoms. The van der Waals surface area contributed by atoms with Gasteiger partial charge in [-0.05, 0) is 45.4 Å². The van der Waals surface area contributed by atoms with E-state index in [1.807, 2.05) is 12.1 Å². The van der Waals surface area contributed by atoms with Crippen LogP contribution in [0.3, 0.4) is 0 Å². The van der Waals surface area contributed by atoms with Crippen LogP contribution in [0.25, 0.3) is 11.0 Å². The summed E-state index contributed by atoms with van der Waals surface area (Å²) in [7, 11) is 1.74. The van der Waals surface area contributed by atoms with Crippen LogP contribution in [0.5, 0.6) is 5.75 Å². The number of anilines is 2. The Morgan fingerprint density at radius 2 is 1.86 bits per heavy atom. The number of ether oxygens (including phenoxy) is 2. The van der Waals surface area contributed by atoms with E-state index in [0.29, 0.717) is 12.2 Å². The number of hydrogen-bond donors (Lipinski definition) is 2. The molecule has 0 atom stereocenters. The number of fused-ring (bicyclic) bond motifs is 1. The highest BCUT2D eigenvalue weighted by molar-refractivity contribution is 5.86. The molecule has 3 heterocycles. The Hall–Kier alpha value is -2.97. The fourth-order valence-corrected chi connectivity index (χ4v) is 5.01. The van der Waals surface area contributed by atoms with Crippen LogP contribution in [0.4, 0.5) is 11.8 Å². The number of hydrogen-bond acceptors (Lipinski definition) is 7. The van der Waals surface area contributed by atoms with E-state index in [2.05, 4.69) is 61.2 Å². The number of unbranched alkanes of at least 4 members (excludes halogenated alkanes) is 1. The summed E-state index contributed by atoms with van der Waals surface area (Å²) in [6.07, 6.45) is 2.81. The zero-order valence-corrected chi connectivity index (χ0v) is 22.4. The molecular formula is C28H41N6O2+. The lowest BCUT2D eigenvalue weighted by molar-refractivity contribution is -0.988. The zero-order valence-electron chi connectivity index (χ0n) is 22.4. The molecule has 4 rings (SSSR count). The molecule has 0 bridgehead atoms. The van der Waals surface area contributed by atoms with Crippen LogP contribution in [-0.4, -0.2) is 64.9 Å². The third kappa shape index (κ3) is 5.71. The first-order valence-corrected chi connectivity index (χ1v) is 13.0. The van der Waals surface area contributed by atoms with Crippen molar-refractivity contribution in [2.45, 2.75) is 59.0 Å². The average Bonchev–Trinajstić information content (AvgIpc) is 2.85. The van der Waals surface area contributed by atoms with Crippen molar-refractivity contribution in [1.29, 1.82) is 0 Å². The quantitative estimate of drug-likeness (QED) is 0.333. The fraction of sp³-hybridized carbons (Fsp3) is 0.536. The second-order valence-electron chi connectivity index (χ2n) is 10.7. The van der Waals surface area contributed by atoms with Gasteiger partial charge in [-0.3, -0.25) is 0 Å². The molecule has 0 aliphatic carbocycles. The summed E-state index contributed by atoms with van der Waals surface area (Å²) in [6, 6.07) is 10.6. The molecular weight excluding hydrogens is 452 g/mol. The lowest BCUT2D eigenvalue weighted by Crippen LogP contribution is -2.64. The fourth-order valence-electron chi connectivity index (χ4n) is 5.01. The molecule has 1 saturated heterocycles. The SMILES string of the molecule is CCCCNc1nc(N)nc2ccc(Cc3ccc(C[N+]4(C(C)(C)C)CCOCC4)cc3OC)nc12. The van der Waals surface area contributed by atoms with Crippen LogP contribution in [0.15, 0.2) is 30.3 Å². The smallest absolute Gasteiger partial charge is 0.222 e. The first-order valence-electron chi connectivity index (χ1n) is 13.0. The van der Waals surface area contributed by atoms with Crippen LogP contribution in [0.2, 0.25) is 0 Å². The Morgan fingerprint density at radius 3 is 2.56 bits per heavy atom. The number of rotatable bonds is 9. The van der Waals surface area contributed by atoms with Gasteiger partial charge in [-0.2, -0.15) is 4.98 Å². The minimum Gasteiger partial charge on any atom is -0.496 e. The molecule has 0 unspecified atom stereocenters. The maximum Gasteiger partial charge on any atom is 0.222 e. The van der Waals surface area contributed by atoms with Gasteiger partial charge in [-0.25, -0.2) is 9.97 Å². The topological polar surface area (TPSA) is 95.2 Å². The van der Waals surface area contributed by atoms with Crippen molar-refractivity contribution >= 4 is 22.8 Å². The van der Waals surface area contributed by atoms with Crippen molar-refractivity contribution in [3.8, 4) is 5.75 Å². The molecule has 0 spiro atoms. The number of aromatic nitrogens is 3. The summed E-state index contributed by atoms with van der Waals surface area (Å²) in [5.41, 5.74) is 10.9. The number of methoxy groups -OCH3 is 1. The number of nitrogens with one attached hydrogen (secondary N) is 1. The molecule has 1 aliphatic heterocycles. The first kappa shape index (κ1) is 26.1. The van der Waals surface area contributed by atoms with E-state index in [9.17, 15) is 0 Å². The molecule has 0 saturated carbocycles. The Labute approximate surface area is 214 Å². The largest absolute Gasteiger partial charge is 0.496 e. The van der Waals surface area contributed by atoms with Crippen molar-refractivity contribution < 1.29 is 14.0 Å². The lowest BCUT2D eigenvalue weighted by Gasteiger charge is -2.50. The highest BCUT2D eigenvalue weighted by Gasteiger charge is 2.41. The number of nitrogens with two attached hydrogens (primary N) is 1. The van der Waals surface area contributed by atoms with Gasteiger partial charge in [-0.15, -0.1) is 0 Å². The molecule has 3 N–H and O–H groups in total. The van der Waals surface area contributed by atoms with Crippen molar-refractivity contribution in [3.05, 3.63) is 47.2 Å². The Morgan fingerprint density at radius 1 is 1.08 bits per heavy atom. The van der Waals surface area contributed by atoms with Gasteiger partial charge in [0.2, 0.25) is 5.95 Å². The number of pyridine rings is 1. The predicted octanol–water partition coefficient (Wildman–Crippen LogP) is 4.56. The van der Waals surface area contributed by atoms with E-state index in [0.717, 1.165) is 84.8 Å². The second kappa shape index (κ2) is 11.0. The highest BCUT2D eigenvalue weighted by atomic mass is 16.5. The maximum atomic E-state index is 5.93. The van der Waals surface area contributed by atoms with E-state index in [-0.39, 0.29) is 11.5 Å². The third-order valence-electron chi connectivity index (χ3n) is 7.40. The molecule has 8 nitrogen and oxygen atoms in total. The third-order valence-corrected chi connectivity index (χ3v) is 7.40. The summed E-state index contributed by atoms with van der Waals surface area (Å²) in [6.45, 7) is 14.6. The molecule has 0 amide bonds. The van der Waals surface area contributed by atoms with Crippen molar-refractivity contribution in [2.75, 3.05) is 51.0 Å². The van der Waals surface area contributed by atoms with Gasteiger partial charge in [-0.1, -0.05) is 25.5 Å². The molecule has 1 fully saturated rings. The number of nitrogen functional groups attached to an aromatic ring is 1. The molecule has 36 heavy (non-hydrogen) atoms. The van der Waals surface area contributed by atoms with Gasteiger partial charge >= 0.3 is 0 Å². The van der Waals surface area contributed by atoms with E-state index in [4.69, 9.17) is 20.2 Å². The molecule has 3 aromatic rings. The van der Waals surface area contributed by atoms with E-state index < -0.39 is 0 Å². The molecule has 194 valence electrons. The summed E-state index contributed by atoms with van der Waals surface area (Å²) in [4.78, 5) is 13.7. The van der Waals surface area contributed by atoms with Crippen molar-refractivity contribution in [1.82, 2.24) is 15.0 Å². The Bertz CT molecular complexity index is 1180. The predicted molar refractivity (Wildman–Crippen MR) is 145 cm³/mol. The number of benzene rings is 1. The van der Waals surface area contributed by atoms with Gasteiger partial charge < -0.3 is 25.0 Å². The Balaban J connectivity index is 1.59. The van der Waals surface area contributed by atoms with E-state index in [1.54, 1.807) is 7.11 Å². The highest BCUT2D eigenvalue weighted by Crippen LogP contribution is 2.32. The maximum absolute atomic E-state index is 5.93. The summed E-state index contributed by atoms with van der Waals surface area (Å²) >= 11 is 0. The number of nitrogens with zero attached hydrogens (tertiary/aromatic N) is 4. The molecule has 1 aromatic carbocycles. The summed E-state index contributed by atoms with van der Waals surface area (Å²) in [5.74, 6) is 1.84. The van der Waals surface area contributed by atoms with Crippen LogP contribution >= 0.6 is 0 Å². The number of quaternary nitrogens is 1. The van der Waals surface area contributed by atoms with Gasteiger partial charge in [0.05, 0.1) is 31.4 Å². The zero-order chi connectivity index (χ0) is 25.8. The van der Waals surface area contributed by atoms with Crippen LogP contribution in [-0.2, 0) is 17.7 Å². The number of morpholine rings is 1. The van der Waals surface area contributed by atoms with Crippen LogP contribution in [0.1, 0.15) is 57.4 Å². The molecule has 1 aliphatic rings. The van der Waals surface area contributed by atoms with E-state index >= 15 is 0 Å².